The van der Waals surface area contributed by atoms with E-state index in [2.05, 4.69) is 6.07 Å². The lowest BCUT2D eigenvalue weighted by Gasteiger charge is -2.10. The van der Waals surface area contributed by atoms with E-state index >= 15 is 0 Å². The van der Waals surface area contributed by atoms with Gasteiger partial charge in [-0.15, -0.1) is 0 Å². The van der Waals surface area contributed by atoms with Gasteiger partial charge in [-0.25, -0.2) is 4.39 Å². The quantitative estimate of drug-likeness (QED) is 0.659. The summed E-state index contributed by atoms with van der Waals surface area (Å²) >= 11 is 1.50. The van der Waals surface area contributed by atoms with Crippen molar-refractivity contribution < 1.29 is 4.39 Å². The van der Waals surface area contributed by atoms with E-state index in [1.165, 1.54) is 29.5 Å². The molecule has 19 heavy (non-hydrogen) atoms. The monoisotopic (exact) mass is 274 g/mol. The molecule has 0 saturated heterocycles. The largest absolute Gasteiger partial charge is 0.384 e. The van der Waals surface area contributed by atoms with Crippen molar-refractivity contribution >= 4 is 17.6 Å². The number of nitrogens with one attached hydrogen (secondary N) is 1. The Balaban J connectivity index is 2.40. The Bertz CT molecular complexity index is 638. The summed E-state index contributed by atoms with van der Waals surface area (Å²) in [5, 5.41) is 7.52. The average molecular weight is 274 g/mol. The third-order valence-corrected chi connectivity index (χ3v) is 4.04. The molecule has 2 rings (SSSR count). The van der Waals surface area contributed by atoms with Crippen LogP contribution in [-0.4, -0.2) is 5.84 Å². The molecule has 0 spiro atoms. The van der Waals surface area contributed by atoms with Gasteiger partial charge in [-0.2, -0.15) is 0 Å². The molecule has 0 aliphatic rings. The zero-order valence-corrected chi connectivity index (χ0v) is 11.6. The van der Waals surface area contributed by atoms with Gasteiger partial charge >= 0.3 is 0 Å². The molecule has 0 aliphatic carbocycles. The molecule has 0 atom stereocenters. The van der Waals surface area contributed by atoms with Gasteiger partial charge in [-0.3, -0.25) is 5.41 Å². The molecular weight excluding hydrogens is 259 g/mol. The number of rotatable bonds is 3. The van der Waals surface area contributed by atoms with Crippen LogP contribution in [0, 0.1) is 25.1 Å². The molecule has 2 aromatic rings. The van der Waals surface area contributed by atoms with Crippen molar-refractivity contribution in [2.45, 2.75) is 23.6 Å². The predicted molar refractivity (Wildman–Crippen MR) is 77.5 cm³/mol. The van der Waals surface area contributed by atoms with Crippen molar-refractivity contribution in [3.63, 3.8) is 0 Å². The molecule has 2 aromatic carbocycles. The number of amidine groups is 1. The van der Waals surface area contributed by atoms with Crippen LogP contribution in [0.25, 0.3) is 0 Å². The van der Waals surface area contributed by atoms with Crippen molar-refractivity contribution in [1.82, 2.24) is 0 Å². The van der Waals surface area contributed by atoms with E-state index in [0.29, 0.717) is 5.56 Å². The first kappa shape index (κ1) is 13.6. The first-order chi connectivity index (χ1) is 8.97. The Hall–Kier alpha value is -1.81. The van der Waals surface area contributed by atoms with Gasteiger partial charge in [0.25, 0.3) is 0 Å². The molecule has 98 valence electrons. The van der Waals surface area contributed by atoms with Gasteiger partial charge in [0.1, 0.15) is 11.7 Å². The number of halogens is 1. The fraction of sp³-hybridized carbons (Fsp3) is 0.133. The fourth-order valence-corrected chi connectivity index (χ4v) is 2.84. The van der Waals surface area contributed by atoms with Gasteiger partial charge in [-0.05, 0) is 43.7 Å². The molecule has 0 aliphatic heterocycles. The second kappa shape index (κ2) is 5.45. The Morgan fingerprint density at radius 2 is 1.79 bits per heavy atom. The number of hydrogen-bond acceptors (Lipinski definition) is 2. The lowest BCUT2D eigenvalue weighted by molar-refractivity contribution is 0.626. The van der Waals surface area contributed by atoms with Gasteiger partial charge < -0.3 is 5.73 Å². The minimum Gasteiger partial charge on any atom is -0.384 e. The van der Waals surface area contributed by atoms with Crippen molar-refractivity contribution in [3.05, 3.63) is 58.9 Å². The van der Waals surface area contributed by atoms with Crippen LogP contribution < -0.4 is 5.73 Å². The summed E-state index contributed by atoms with van der Waals surface area (Å²) in [7, 11) is 0. The van der Waals surface area contributed by atoms with E-state index in [0.717, 1.165) is 15.4 Å². The third kappa shape index (κ3) is 3.15. The van der Waals surface area contributed by atoms with E-state index in [1.54, 1.807) is 6.07 Å². The summed E-state index contributed by atoms with van der Waals surface area (Å²) in [5.41, 5.74) is 8.30. The van der Waals surface area contributed by atoms with Crippen LogP contribution in [0.4, 0.5) is 4.39 Å². The average Bonchev–Trinajstić information content (AvgIpc) is 2.34. The van der Waals surface area contributed by atoms with E-state index in [1.807, 2.05) is 26.0 Å². The highest BCUT2D eigenvalue weighted by Gasteiger charge is 2.10. The van der Waals surface area contributed by atoms with E-state index in [9.17, 15) is 4.39 Å². The maximum absolute atomic E-state index is 13.2. The number of nitrogen functional groups attached to an aromatic ring is 1. The highest BCUT2D eigenvalue weighted by molar-refractivity contribution is 7.99. The Labute approximate surface area is 116 Å². The van der Waals surface area contributed by atoms with Crippen LogP contribution >= 0.6 is 11.8 Å². The number of benzene rings is 2. The number of hydrogen-bond donors (Lipinski definition) is 2. The molecule has 0 heterocycles. The van der Waals surface area contributed by atoms with Crippen molar-refractivity contribution in [2.24, 2.45) is 5.73 Å². The van der Waals surface area contributed by atoms with E-state index < -0.39 is 0 Å². The first-order valence-corrected chi connectivity index (χ1v) is 6.68. The smallest absolute Gasteiger partial charge is 0.124 e. The zero-order valence-electron chi connectivity index (χ0n) is 10.8. The summed E-state index contributed by atoms with van der Waals surface area (Å²) in [6, 6.07) is 10.5. The van der Waals surface area contributed by atoms with Gasteiger partial charge in [0, 0.05) is 15.4 Å². The van der Waals surface area contributed by atoms with Crippen LogP contribution in [0.1, 0.15) is 16.7 Å². The first-order valence-electron chi connectivity index (χ1n) is 5.86. The topological polar surface area (TPSA) is 49.9 Å². The Kier molecular flexibility index (Phi) is 3.90. The molecule has 3 N–H and O–H groups in total. The summed E-state index contributed by atoms with van der Waals surface area (Å²) in [5.74, 6) is -0.498. The van der Waals surface area contributed by atoms with E-state index in [4.69, 9.17) is 11.1 Å². The van der Waals surface area contributed by atoms with Gasteiger partial charge in [0.15, 0.2) is 0 Å². The SMILES string of the molecule is Cc1ccc(Sc2ccc(F)cc2C(=N)N)c(C)c1. The lowest BCUT2D eigenvalue weighted by atomic mass is 10.2. The van der Waals surface area contributed by atoms with Gasteiger partial charge in [0.2, 0.25) is 0 Å². The second-order valence-electron chi connectivity index (χ2n) is 4.43. The molecule has 0 amide bonds. The fourth-order valence-electron chi connectivity index (χ4n) is 1.83. The number of aryl methyl sites for hydroxylation is 2. The molecule has 0 saturated carbocycles. The standard InChI is InChI=1S/C15H15FN2S/c1-9-3-5-13(10(2)7-9)19-14-6-4-11(16)8-12(14)15(17)18/h3-8H,1-2H3,(H3,17,18). The van der Waals surface area contributed by atoms with Crippen LogP contribution in [0.5, 0.6) is 0 Å². The van der Waals surface area contributed by atoms with Crippen molar-refractivity contribution in [3.8, 4) is 0 Å². The molecule has 0 fully saturated rings. The summed E-state index contributed by atoms with van der Waals surface area (Å²) in [4.78, 5) is 1.88. The summed E-state index contributed by atoms with van der Waals surface area (Å²) in [6.07, 6.45) is 0. The maximum atomic E-state index is 13.2. The molecule has 0 bridgehead atoms. The highest BCUT2D eigenvalue weighted by Crippen LogP contribution is 2.33. The Morgan fingerprint density at radius 1 is 1.11 bits per heavy atom. The molecule has 2 nitrogen and oxygen atoms in total. The van der Waals surface area contributed by atoms with Crippen LogP contribution in [0.2, 0.25) is 0 Å². The van der Waals surface area contributed by atoms with Crippen LogP contribution in [-0.2, 0) is 0 Å². The summed E-state index contributed by atoms with van der Waals surface area (Å²) in [6.45, 7) is 4.08. The lowest BCUT2D eigenvalue weighted by Crippen LogP contribution is -2.12. The molecule has 0 aromatic heterocycles. The minimum absolute atomic E-state index is 0.119. The molecular formula is C15H15FN2S. The molecule has 4 heteroatoms. The van der Waals surface area contributed by atoms with Gasteiger partial charge in [0.05, 0.1) is 0 Å². The van der Waals surface area contributed by atoms with Crippen LogP contribution in [0.3, 0.4) is 0 Å². The zero-order chi connectivity index (χ0) is 14.0. The number of nitrogens with two attached hydrogens (primary N) is 1. The second-order valence-corrected chi connectivity index (χ2v) is 5.51. The minimum atomic E-state index is -0.379. The van der Waals surface area contributed by atoms with Crippen molar-refractivity contribution in [2.75, 3.05) is 0 Å². The molecule has 0 radical (unpaired) electrons. The van der Waals surface area contributed by atoms with Gasteiger partial charge in [-0.1, -0.05) is 29.5 Å². The van der Waals surface area contributed by atoms with Crippen molar-refractivity contribution in [1.29, 1.82) is 5.41 Å². The van der Waals surface area contributed by atoms with E-state index in [-0.39, 0.29) is 11.7 Å². The third-order valence-electron chi connectivity index (χ3n) is 2.78. The van der Waals surface area contributed by atoms with Crippen LogP contribution in [0.15, 0.2) is 46.2 Å². The Morgan fingerprint density at radius 3 is 2.42 bits per heavy atom. The molecule has 0 unspecified atom stereocenters. The maximum Gasteiger partial charge on any atom is 0.124 e. The normalized spacial score (nSPS) is 10.5. The highest BCUT2D eigenvalue weighted by atomic mass is 32.2. The summed E-state index contributed by atoms with van der Waals surface area (Å²) < 4.78 is 13.2. The predicted octanol–water partition coefficient (Wildman–Crippen LogP) is 3.88.